The molecule has 8 nitrogen and oxygen atoms in total. The number of nitrogens with zero attached hydrogens (tertiary/aromatic N) is 5. The van der Waals surface area contributed by atoms with Crippen molar-refractivity contribution in [3.63, 3.8) is 0 Å². The van der Waals surface area contributed by atoms with E-state index in [2.05, 4.69) is 15.2 Å². The van der Waals surface area contributed by atoms with Gasteiger partial charge in [0.05, 0.1) is 18.4 Å². The summed E-state index contributed by atoms with van der Waals surface area (Å²) < 4.78 is 13.0. The van der Waals surface area contributed by atoms with Crippen LogP contribution in [0.25, 0.3) is 17.0 Å². The molecule has 1 saturated carbocycles. The molecule has 3 aliphatic rings. The van der Waals surface area contributed by atoms with Gasteiger partial charge in [0.25, 0.3) is 0 Å². The van der Waals surface area contributed by atoms with E-state index < -0.39 is 5.97 Å². The van der Waals surface area contributed by atoms with Gasteiger partial charge in [0.2, 0.25) is 5.88 Å². The Bertz CT molecular complexity index is 1340. The summed E-state index contributed by atoms with van der Waals surface area (Å²) in [6.07, 6.45) is 6.20. The highest BCUT2D eigenvalue weighted by atomic mass is 16.5. The summed E-state index contributed by atoms with van der Waals surface area (Å²) in [7, 11) is 1.36. The van der Waals surface area contributed by atoms with Crippen LogP contribution in [0.1, 0.15) is 64.7 Å². The van der Waals surface area contributed by atoms with E-state index in [-0.39, 0.29) is 6.61 Å². The minimum atomic E-state index is -0.434. The second-order valence-electron chi connectivity index (χ2n) is 8.58. The largest absolute Gasteiger partial charge is 0.470 e. The number of esters is 1. The SMILES string of the molecule is COC(=O)c1cccnc1COc1nn2c(-c3ccccc3)nnc2c2c1C1CCC2CC1. The average Bonchev–Trinajstić information content (AvgIpc) is 3.32. The summed E-state index contributed by atoms with van der Waals surface area (Å²) >= 11 is 0. The van der Waals surface area contributed by atoms with Gasteiger partial charge < -0.3 is 9.47 Å². The molecular formula is C25H23N5O3. The number of carbonyl (C=O) groups excluding carboxylic acids is 1. The van der Waals surface area contributed by atoms with Crippen LogP contribution >= 0.6 is 0 Å². The Labute approximate surface area is 190 Å². The number of ether oxygens (including phenoxy) is 2. The van der Waals surface area contributed by atoms with Crippen molar-refractivity contribution in [3.8, 4) is 17.3 Å². The van der Waals surface area contributed by atoms with Crippen LogP contribution in [0.5, 0.6) is 5.88 Å². The Kier molecular flexibility index (Phi) is 4.78. The first-order chi connectivity index (χ1) is 16.2. The third-order valence-electron chi connectivity index (χ3n) is 6.81. The summed E-state index contributed by atoms with van der Waals surface area (Å²) in [6, 6.07) is 13.3. The van der Waals surface area contributed by atoms with Crippen molar-refractivity contribution in [2.75, 3.05) is 7.11 Å². The van der Waals surface area contributed by atoms with Crippen LogP contribution in [0.2, 0.25) is 0 Å². The van der Waals surface area contributed by atoms with E-state index in [0.717, 1.165) is 42.5 Å². The first-order valence-electron chi connectivity index (χ1n) is 11.2. The molecule has 3 heterocycles. The molecule has 0 unspecified atom stereocenters. The highest BCUT2D eigenvalue weighted by Gasteiger charge is 2.39. The third kappa shape index (κ3) is 3.25. The molecule has 7 rings (SSSR count). The molecule has 3 aromatic heterocycles. The van der Waals surface area contributed by atoms with Crippen molar-refractivity contribution >= 4 is 11.6 Å². The molecule has 0 aliphatic heterocycles. The van der Waals surface area contributed by atoms with Gasteiger partial charge in [-0.25, -0.2) is 4.79 Å². The van der Waals surface area contributed by atoms with Crippen molar-refractivity contribution < 1.29 is 14.3 Å². The van der Waals surface area contributed by atoms with E-state index in [4.69, 9.17) is 14.6 Å². The molecule has 3 aliphatic carbocycles. The number of hydrogen-bond donors (Lipinski definition) is 0. The van der Waals surface area contributed by atoms with Gasteiger partial charge in [-0.3, -0.25) is 4.98 Å². The zero-order chi connectivity index (χ0) is 22.4. The van der Waals surface area contributed by atoms with Crippen LogP contribution in [0.4, 0.5) is 0 Å². The number of aromatic nitrogens is 5. The molecule has 0 amide bonds. The second kappa shape index (κ2) is 7.95. The topological polar surface area (TPSA) is 91.5 Å². The Morgan fingerprint density at radius 1 is 1.00 bits per heavy atom. The summed E-state index contributed by atoms with van der Waals surface area (Å²) in [5.74, 6) is 1.67. The summed E-state index contributed by atoms with van der Waals surface area (Å²) in [6.45, 7) is 0.121. The third-order valence-corrected chi connectivity index (χ3v) is 6.81. The minimum Gasteiger partial charge on any atom is -0.470 e. The summed E-state index contributed by atoms with van der Waals surface area (Å²) in [5, 5.41) is 13.9. The van der Waals surface area contributed by atoms with Crippen LogP contribution in [0.15, 0.2) is 48.7 Å². The van der Waals surface area contributed by atoms with Gasteiger partial charge in [0, 0.05) is 22.9 Å². The standard InChI is InChI=1S/C25H23N5O3/c1-32-25(31)18-8-5-13-26-19(18)14-33-24-21-16-11-9-15(10-12-16)20(21)23-28-27-22(30(23)29-24)17-6-3-2-4-7-17/h2-8,13,15-16H,9-12,14H2,1H3. The molecule has 166 valence electrons. The molecule has 0 spiro atoms. The van der Waals surface area contributed by atoms with E-state index in [1.54, 1.807) is 18.3 Å². The monoisotopic (exact) mass is 441 g/mol. The van der Waals surface area contributed by atoms with Crippen LogP contribution in [0, 0.1) is 0 Å². The van der Waals surface area contributed by atoms with E-state index in [1.165, 1.54) is 12.7 Å². The van der Waals surface area contributed by atoms with Gasteiger partial charge in [-0.15, -0.1) is 15.3 Å². The van der Waals surface area contributed by atoms with Crippen LogP contribution in [0.3, 0.4) is 0 Å². The lowest BCUT2D eigenvalue weighted by Gasteiger charge is -2.38. The van der Waals surface area contributed by atoms with Crippen LogP contribution in [-0.4, -0.2) is 37.9 Å². The van der Waals surface area contributed by atoms with Crippen molar-refractivity contribution in [1.29, 1.82) is 0 Å². The molecular weight excluding hydrogens is 418 g/mol. The van der Waals surface area contributed by atoms with Crippen molar-refractivity contribution in [2.24, 2.45) is 0 Å². The van der Waals surface area contributed by atoms with Crippen molar-refractivity contribution in [2.45, 2.75) is 44.1 Å². The molecule has 33 heavy (non-hydrogen) atoms. The number of rotatable bonds is 5. The fourth-order valence-corrected chi connectivity index (χ4v) is 5.25. The lowest BCUT2D eigenvalue weighted by molar-refractivity contribution is 0.0596. The Morgan fingerprint density at radius 3 is 2.52 bits per heavy atom. The number of carbonyl (C=O) groups is 1. The van der Waals surface area contributed by atoms with Gasteiger partial charge in [-0.2, -0.15) is 4.52 Å². The van der Waals surface area contributed by atoms with Gasteiger partial charge in [0.1, 0.15) is 6.61 Å². The number of benzene rings is 1. The minimum absolute atomic E-state index is 0.121. The maximum atomic E-state index is 12.2. The number of fused-ring (bicyclic) bond motifs is 3. The fourth-order valence-electron chi connectivity index (χ4n) is 5.25. The fraction of sp³-hybridized carbons (Fsp3) is 0.320. The molecule has 0 atom stereocenters. The molecule has 2 bridgehead atoms. The van der Waals surface area contributed by atoms with Gasteiger partial charge in [-0.05, 0) is 49.7 Å². The highest BCUT2D eigenvalue weighted by Crippen LogP contribution is 2.53. The van der Waals surface area contributed by atoms with Crippen molar-refractivity contribution in [1.82, 2.24) is 24.8 Å². The van der Waals surface area contributed by atoms with E-state index in [0.29, 0.717) is 34.8 Å². The normalized spacial score (nSPS) is 18.8. The zero-order valence-electron chi connectivity index (χ0n) is 18.3. The lowest BCUT2D eigenvalue weighted by Crippen LogP contribution is -2.25. The van der Waals surface area contributed by atoms with Crippen LogP contribution in [-0.2, 0) is 11.3 Å². The first kappa shape index (κ1) is 19.8. The maximum absolute atomic E-state index is 12.2. The molecule has 1 fully saturated rings. The second-order valence-corrected chi connectivity index (χ2v) is 8.58. The van der Waals surface area contributed by atoms with E-state index >= 15 is 0 Å². The smallest absolute Gasteiger partial charge is 0.339 e. The molecule has 0 radical (unpaired) electrons. The van der Waals surface area contributed by atoms with Gasteiger partial charge in [-0.1, -0.05) is 30.3 Å². The molecule has 0 saturated heterocycles. The number of methoxy groups -OCH3 is 1. The Balaban J connectivity index is 1.47. The maximum Gasteiger partial charge on any atom is 0.339 e. The van der Waals surface area contributed by atoms with Crippen LogP contribution < -0.4 is 4.74 Å². The lowest BCUT2D eigenvalue weighted by atomic mass is 9.67. The van der Waals surface area contributed by atoms with Crippen molar-refractivity contribution in [3.05, 3.63) is 71.0 Å². The summed E-state index contributed by atoms with van der Waals surface area (Å²) in [5.41, 5.74) is 5.04. The first-order valence-corrected chi connectivity index (χ1v) is 11.2. The average molecular weight is 441 g/mol. The number of hydrogen-bond acceptors (Lipinski definition) is 7. The molecule has 0 N–H and O–H groups in total. The van der Waals surface area contributed by atoms with E-state index in [9.17, 15) is 4.79 Å². The zero-order valence-corrected chi connectivity index (χ0v) is 18.3. The molecule has 1 aromatic carbocycles. The summed E-state index contributed by atoms with van der Waals surface area (Å²) in [4.78, 5) is 16.5. The predicted molar refractivity (Wildman–Crippen MR) is 120 cm³/mol. The van der Waals surface area contributed by atoms with Gasteiger partial charge in [0.15, 0.2) is 11.5 Å². The Hall–Kier alpha value is -3.81. The number of pyridine rings is 1. The van der Waals surface area contributed by atoms with E-state index in [1.807, 2.05) is 34.8 Å². The molecule has 8 heteroatoms. The predicted octanol–water partition coefficient (Wildman–Crippen LogP) is 4.31. The Morgan fingerprint density at radius 2 is 1.76 bits per heavy atom. The molecule has 4 aromatic rings. The van der Waals surface area contributed by atoms with Gasteiger partial charge >= 0.3 is 5.97 Å². The highest BCUT2D eigenvalue weighted by molar-refractivity contribution is 5.90. The quantitative estimate of drug-likeness (QED) is 0.426.